The molecule has 1 aliphatic carbocycles. The Morgan fingerprint density at radius 2 is 1.28 bits per heavy atom. The third-order valence-corrected chi connectivity index (χ3v) is 9.12. The summed E-state index contributed by atoms with van der Waals surface area (Å²) < 4.78 is 6.18. The second-order valence-electron chi connectivity index (χ2n) is 12.7. The maximum Gasteiger partial charge on any atom is 0.136 e. The molecule has 46 heavy (non-hydrogen) atoms. The summed E-state index contributed by atoms with van der Waals surface area (Å²) in [7, 11) is 0. The maximum atomic E-state index is 6.18. The van der Waals surface area contributed by atoms with Crippen molar-refractivity contribution in [1.82, 2.24) is 4.98 Å². The summed E-state index contributed by atoms with van der Waals surface area (Å²) in [5.41, 5.74) is 14.2. The monoisotopic (exact) mass is 597 g/mol. The van der Waals surface area contributed by atoms with Crippen LogP contribution in [-0.2, 0) is 6.42 Å². The quantitative estimate of drug-likeness (QED) is 0.216. The zero-order valence-electron chi connectivity index (χ0n) is 26.6. The van der Waals surface area contributed by atoms with E-state index in [0.29, 0.717) is 5.92 Å². The Morgan fingerprint density at radius 3 is 2.09 bits per heavy atom. The Kier molecular flexibility index (Phi) is 7.07. The van der Waals surface area contributed by atoms with Gasteiger partial charge in [0.15, 0.2) is 0 Å². The fourth-order valence-electron chi connectivity index (χ4n) is 6.94. The van der Waals surface area contributed by atoms with E-state index in [9.17, 15) is 0 Å². The molecule has 8 aromatic rings. The lowest BCUT2D eigenvalue weighted by Crippen LogP contribution is -2.02. The van der Waals surface area contributed by atoms with Crippen molar-refractivity contribution in [3.8, 4) is 33.4 Å². The van der Waals surface area contributed by atoms with E-state index in [-0.39, 0.29) is 1.43 Å². The molecule has 2 heterocycles. The summed E-state index contributed by atoms with van der Waals surface area (Å²) in [5, 5.41) is 4.90. The Labute approximate surface area is 271 Å². The van der Waals surface area contributed by atoms with Crippen LogP contribution in [0.4, 0.5) is 0 Å². The summed E-state index contributed by atoms with van der Waals surface area (Å²) >= 11 is 0. The number of fused-ring (bicyclic) bond motifs is 7. The van der Waals surface area contributed by atoms with Gasteiger partial charge in [0.1, 0.15) is 11.2 Å². The predicted molar refractivity (Wildman–Crippen MR) is 199 cm³/mol. The van der Waals surface area contributed by atoms with Gasteiger partial charge < -0.3 is 9.40 Å². The van der Waals surface area contributed by atoms with Crippen LogP contribution in [-0.4, -0.2) is 4.98 Å². The highest BCUT2D eigenvalue weighted by molar-refractivity contribution is 6.12. The molecule has 0 radical (unpaired) electrons. The molecule has 9 rings (SSSR count). The first-order chi connectivity index (χ1) is 22.6. The topological polar surface area (TPSA) is 28.9 Å². The van der Waals surface area contributed by atoms with E-state index in [1.165, 1.54) is 67.2 Å². The molecule has 0 amide bonds. The number of para-hydroxylation sites is 2. The van der Waals surface area contributed by atoms with E-state index in [4.69, 9.17) is 4.42 Å². The van der Waals surface area contributed by atoms with Crippen LogP contribution in [0.5, 0.6) is 0 Å². The number of aromatic amines is 1. The first-order valence-electron chi connectivity index (χ1n) is 16.5. The van der Waals surface area contributed by atoms with Crippen molar-refractivity contribution < 1.29 is 5.84 Å². The van der Waals surface area contributed by atoms with Gasteiger partial charge in [0.25, 0.3) is 0 Å². The first-order valence-corrected chi connectivity index (χ1v) is 16.5. The number of benzene rings is 6. The third kappa shape index (κ3) is 4.91. The van der Waals surface area contributed by atoms with Gasteiger partial charge in [0.2, 0.25) is 0 Å². The van der Waals surface area contributed by atoms with Gasteiger partial charge in [-0.3, -0.25) is 0 Å². The number of nitrogens with one attached hydrogen (secondary N) is 1. The van der Waals surface area contributed by atoms with Gasteiger partial charge in [-0.1, -0.05) is 118 Å². The van der Waals surface area contributed by atoms with Crippen LogP contribution in [0.25, 0.3) is 83.2 Å². The summed E-state index contributed by atoms with van der Waals surface area (Å²) in [6.07, 6.45) is 6.95. The molecule has 0 fully saturated rings. The minimum Gasteiger partial charge on any atom is -0.456 e. The average Bonchev–Trinajstić information content (AvgIpc) is 3.65. The minimum absolute atomic E-state index is 0. The van der Waals surface area contributed by atoms with Gasteiger partial charge in [-0.05, 0) is 93.7 Å². The molecule has 0 saturated carbocycles. The summed E-state index contributed by atoms with van der Waals surface area (Å²) in [4.78, 5) is 3.78. The lowest BCUT2D eigenvalue weighted by molar-refractivity contribution is 0.669. The van der Waals surface area contributed by atoms with Crippen molar-refractivity contribution in [2.45, 2.75) is 33.6 Å². The molecule has 0 aliphatic heterocycles. The number of hydrogen-bond acceptors (Lipinski definition) is 1. The van der Waals surface area contributed by atoms with Crippen LogP contribution in [0.15, 0.2) is 132 Å². The summed E-state index contributed by atoms with van der Waals surface area (Å²) in [6.45, 7) is 6.54. The van der Waals surface area contributed by atoms with Gasteiger partial charge in [-0.15, -0.1) is 0 Å². The molecule has 0 saturated heterocycles. The van der Waals surface area contributed by atoms with E-state index in [0.717, 1.165) is 33.9 Å². The van der Waals surface area contributed by atoms with Gasteiger partial charge >= 0.3 is 0 Å². The molecule has 2 heteroatoms. The Hall–Kier alpha value is -5.34. The highest BCUT2D eigenvalue weighted by Gasteiger charge is 2.16. The summed E-state index contributed by atoms with van der Waals surface area (Å²) in [6, 6.07) is 43.9. The van der Waals surface area contributed by atoms with Crippen molar-refractivity contribution in [1.29, 1.82) is 0 Å². The fourth-order valence-corrected chi connectivity index (χ4v) is 6.94. The standard InChI is InChI=1S/C41H29NO.C3H8.H2/c1-25-15-16-29-23-38-37(22-32(29)19-25)36-13-6-12-33(41(36)42-38)31-10-5-9-28(21-31)26-7-4-8-27(20-26)30-17-18-35-34-11-2-3-14-39(34)43-40(35)24-30;1-3-2;/h2-18,20-25,42H,19H2,1H3;3H2,1-2H3;1H. The average molecular weight is 598 g/mol. The zero-order valence-corrected chi connectivity index (χ0v) is 26.6. The van der Waals surface area contributed by atoms with Gasteiger partial charge in [-0.2, -0.15) is 0 Å². The molecule has 0 spiro atoms. The van der Waals surface area contributed by atoms with Crippen molar-refractivity contribution in [3.05, 3.63) is 139 Å². The van der Waals surface area contributed by atoms with Crippen LogP contribution >= 0.6 is 0 Å². The smallest absolute Gasteiger partial charge is 0.136 e. The normalized spacial score (nSPS) is 14.1. The second kappa shape index (κ2) is 11.5. The van der Waals surface area contributed by atoms with Crippen LogP contribution < -0.4 is 0 Å². The van der Waals surface area contributed by atoms with Gasteiger partial charge in [-0.25, -0.2) is 0 Å². The second-order valence-corrected chi connectivity index (χ2v) is 12.7. The predicted octanol–water partition coefficient (Wildman–Crippen LogP) is 13.1. The molecule has 0 bridgehead atoms. The van der Waals surface area contributed by atoms with Gasteiger partial charge in [0, 0.05) is 34.1 Å². The lowest BCUT2D eigenvalue weighted by atomic mass is 9.89. The molecule has 1 atom stereocenters. The number of rotatable bonds is 3. The van der Waals surface area contributed by atoms with Crippen molar-refractivity contribution in [2.75, 3.05) is 0 Å². The number of H-pyrrole nitrogens is 1. The van der Waals surface area contributed by atoms with Crippen LogP contribution in [0.3, 0.4) is 0 Å². The zero-order chi connectivity index (χ0) is 31.2. The fraction of sp³-hybridized carbons (Fsp3) is 0.136. The van der Waals surface area contributed by atoms with E-state index in [1.807, 2.05) is 12.1 Å². The largest absolute Gasteiger partial charge is 0.456 e. The molecule has 1 N–H and O–H groups in total. The molecule has 1 aliphatic rings. The molecule has 2 aromatic heterocycles. The van der Waals surface area contributed by atoms with Crippen LogP contribution in [0, 0.1) is 5.92 Å². The Bertz CT molecular complexity index is 2420. The molecular formula is C44H39NO. The molecule has 226 valence electrons. The van der Waals surface area contributed by atoms with E-state index < -0.39 is 0 Å². The van der Waals surface area contributed by atoms with Crippen LogP contribution in [0.1, 0.15) is 39.7 Å². The maximum absolute atomic E-state index is 6.18. The highest BCUT2D eigenvalue weighted by Crippen LogP contribution is 2.38. The third-order valence-electron chi connectivity index (χ3n) is 9.12. The SMILES string of the molecule is CC1C=Cc2cc3[nH]c4c(-c5cccc(-c6cccc(-c7ccc8c(c7)oc7ccccc78)c6)c5)cccc4c3cc2C1.CCC.[HH]. The number of aromatic nitrogens is 1. The van der Waals surface area contributed by atoms with E-state index in [2.05, 4.69) is 147 Å². The number of allylic oxidation sites excluding steroid dienone is 1. The minimum atomic E-state index is 0. The first kappa shape index (κ1) is 28.2. The molecule has 6 aromatic carbocycles. The van der Waals surface area contributed by atoms with Crippen molar-refractivity contribution in [3.63, 3.8) is 0 Å². The summed E-state index contributed by atoms with van der Waals surface area (Å²) in [5.74, 6) is 0.583. The molecule has 1 unspecified atom stereocenters. The van der Waals surface area contributed by atoms with Crippen molar-refractivity contribution in [2.24, 2.45) is 5.92 Å². The van der Waals surface area contributed by atoms with E-state index in [1.54, 1.807) is 0 Å². The van der Waals surface area contributed by atoms with Crippen LogP contribution in [0.2, 0.25) is 0 Å². The molecular weight excluding hydrogens is 558 g/mol. The number of hydrogen-bond donors (Lipinski definition) is 1. The lowest BCUT2D eigenvalue weighted by Gasteiger charge is -2.15. The number of furan rings is 1. The van der Waals surface area contributed by atoms with Gasteiger partial charge in [0.05, 0.1) is 5.52 Å². The Balaban J connectivity index is 0.000000848. The van der Waals surface area contributed by atoms with Crippen molar-refractivity contribution >= 4 is 49.8 Å². The Morgan fingerprint density at radius 1 is 0.630 bits per heavy atom. The highest BCUT2D eigenvalue weighted by atomic mass is 16.3. The molecule has 2 nitrogen and oxygen atoms in total. The van der Waals surface area contributed by atoms with E-state index >= 15 is 0 Å².